The number of nitrogens with zero attached hydrogens (tertiary/aromatic N) is 1. The van der Waals surface area contributed by atoms with Crippen LogP contribution in [0.25, 0.3) is 11.0 Å². The van der Waals surface area contributed by atoms with Crippen molar-refractivity contribution in [1.82, 2.24) is 10.2 Å². The fraction of sp³-hybridized carbons (Fsp3) is 0.348. The highest BCUT2D eigenvalue weighted by Crippen LogP contribution is 2.27. The predicted molar refractivity (Wildman–Crippen MR) is 109 cm³/mol. The summed E-state index contributed by atoms with van der Waals surface area (Å²) in [6, 6.07) is 16.7. The van der Waals surface area contributed by atoms with E-state index in [9.17, 15) is 9.90 Å². The molecule has 1 aliphatic heterocycles. The molecule has 0 bridgehead atoms. The summed E-state index contributed by atoms with van der Waals surface area (Å²) in [5.74, 6) is 0.399. The van der Waals surface area contributed by atoms with E-state index in [4.69, 9.17) is 4.42 Å². The lowest BCUT2D eigenvalue weighted by atomic mass is 10.0. The van der Waals surface area contributed by atoms with Gasteiger partial charge < -0.3 is 19.7 Å². The zero-order chi connectivity index (χ0) is 19.5. The van der Waals surface area contributed by atoms with Crippen LogP contribution >= 0.6 is 0 Å². The van der Waals surface area contributed by atoms with Gasteiger partial charge in [0.25, 0.3) is 0 Å². The van der Waals surface area contributed by atoms with Crippen molar-refractivity contribution in [2.24, 2.45) is 0 Å². The molecule has 1 amide bonds. The maximum Gasteiger partial charge on any atom is 0.230 e. The van der Waals surface area contributed by atoms with Crippen LogP contribution in [-0.2, 0) is 4.79 Å². The summed E-state index contributed by atoms with van der Waals surface area (Å²) >= 11 is 0. The quantitative estimate of drug-likeness (QED) is 0.675. The molecular formula is C23H26N2O3. The minimum Gasteiger partial charge on any atom is -0.508 e. The lowest BCUT2D eigenvalue weighted by molar-refractivity contribution is -0.123. The molecule has 2 unspecified atom stereocenters. The van der Waals surface area contributed by atoms with E-state index in [1.807, 2.05) is 49.4 Å². The first-order chi connectivity index (χ1) is 13.6. The van der Waals surface area contributed by atoms with Crippen LogP contribution < -0.4 is 5.32 Å². The van der Waals surface area contributed by atoms with Gasteiger partial charge in [-0.05, 0) is 62.7 Å². The fourth-order valence-electron chi connectivity index (χ4n) is 3.84. The number of nitrogens with one attached hydrogen (secondary N) is 1. The van der Waals surface area contributed by atoms with Crippen LogP contribution in [-0.4, -0.2) is 35.5 Å². The van der Waals surface area contributed by atoms with Crippen LogP contribution in [0.5, 0.6) is 5.75 Å². The number of phenolic OH excluding ortho intramolecular Hbond substituents is 1. The summed E-state index contributed by atoms with van der Waals surface area (Å²) in [6.07, 6.45) is 2.38. The van der Waals surface area contributed by atoms with Crippen molar-refractivity contribution in [3.63, 3.8) is 0 Å². The third-order valence-corrected chi connectivity index (χ3v) is 5.49. The molecule has 1 aromatic heterocycles. The number of carbonyl (C=O) groups is 1. The zero-order valence-electron chi connectivity index (χ0n) is 16.1. The Kier molecular flexibility index (Phi) is 5.35. The van der Waals surface area contributed by atoms with E-state index in [1.54, 1.807) is 12.1 Å². The van der Waals surface area contributed by atoms with E-state index in [0.717, 1.165) is 36.2 Å². The van der Waals surface area contributed by atoms with Crippen molar-refractivity contribution in [2.45, 2.75) is 31.7 Å². The Hall–Kier alpha value is -2.79. The number of aromatic hydroxyl groups is 1. The molecule has 4 rings (SSSR count). The summed E-state index contributed by atoms with van der Waals surface area (Å²) in [7, 11) is 0. The zero-order valence-corrected chi connectivity index (χ0v) is 16.1. The first kappa shape index (κ1) is 18.6. The number of benzene rings is 2. The number of phenols is 1. The summed E-state index contributed by atoms with van der Waals surface area (Å²) in [5.41, 5.74) is 1.70. The molecule has 0 radical (unpaired) electrons. The maximum atomic E-state index is 13.0. The topological polar surface area (TPSA) is 65.7 Å². The van der Waals surface area contributed by atoms with Crippen molar-refractivity contribution in [3.05, 3.63) is 65.9 Å². The minimum atomic E-state index is -0.397. The molecule has 146 valence electrons. The van der Waals surface area contributed by atoms with Gasteiger partial charge in [0.2, 0.25) is 5.91 Å². The van der Waals surface area contributed by atoms with E-state index in [2.05, 4.69) is 10.2 Å². The van der Waals surface area contributed by atoms with Gasteiger partial charge in [-0.1, -0.05) is 30.3 Å². The molecule has 2 heterocycles. The number of para-hydroxylation sites is 1. The van der Waals surface area contributed by atoms with Crippen molar-refractivity contribution in [3.8, 4) is 5.75 Å². The third-order valence-electron chi connectivity index (χ3n) is 5.49. The average Bonchev–Trinajstić information content (AvgIpc) is 3.36. The highest BCUT2D eigenvalue weighted by Gasteiger charge is 2.25. The lowest BCUT2D eigenvalue weighted by Gasteiger charge is -2.26. The smallest absolute Gasteiger partial charge is 0.230 e. The first-order valence-corrected chi connectivity index (χ1v) is 9.90. The predicted octanol–water partition coefficient (Wildman–Crippen LogP) is 4.20. The molecule has 2 atom stereocenters. The molecular weight excluding hydrogens is 352 g/mol. The van der Waals surface area contributed by atoms with Crippen LogP contribution in [0.2, 0.25) is 0 Å². The number of hydrogen-bond acceptors (Lipinski definition) is 4. The molecule has 3 aromatic rings. The van der Waals surface area contributed by atoms with E-state index < -0.39 is 5.92 Å². The monoisotopic (exact) mass is 378 g/mol. The second-order valence-electron chi connectivity index (χ2n) is 7.57. The van der Waals surface area contributed by atoms with E-state index >= 15 is 0 Å². The number of rotatable bonds is 6. The number of furan rings is 1. The van der Waals surface area contributed by atoms with Gasteiger partial charge in [0.05, 0.1) is 12.0 Å². The van der Waals surface area contributed by atoms with Gasteiger partial charge in [-0.25, -0.2) is 0 Å². The highest BCUT2D eigenvalue weighted by molar-refractivity contribution is 5.85. The largest absolute Gasteiger partial charge is 0.508 e. The van der Waals surface area contributed by atoms with Gasteiger partial charge in [0, 0.05) is 11.9 Å². The second-order valence-corrected chi connectivity index (χ2v) is 7.57. The molecule has 28 heavy (non-hydrogen) atoms. The van der Waals surface area contributed by atoms with Crippen LogP contribution in [0, 0.1) is 0 Å². The SMILES string of the molecule is CC(C(=O)NC(CN1CCCC1)c1cccc(O)c1)c1cc2ccccc2o1. The van der Waals surface area contributed by atoms with E-state index in [1.165, 1.54) is 12.8 Å². The van der Waals surface area contributed by atoms with Gasteiger partial charge in [0.1, 0.15) is 17.1 Å². The van der Waals surface area contributed by atoms with Crippen molar-refractivity contribution in [2.75, 3.05) is 19.6 Å². The minimum absolute atomic E-state index is 0.0772. The van der Waals surface area contributed by atoms with Gasteiger partial charge in [-0.15, -0.1) is 0 Å². The molecule has 0 saturated carbocycles. The molecule has 0 aliphatic carbocycles. The first-order valence-electron chi connectivity index (χ1n) is 9.90. The Labute approximate surface area is 165 Å². The second kappa shape index (κ2) is 8.07. The summed E-state index contributed by atoms with van der Waals surface area (Å²) in [4.78, 5) is 15.4. The highest BCUT2D eigenvalue weighted by atomic mass is 16.3. The summed E-state index contributed by atoms with van der Waals surface area (Å²) in [6.45, 7) is 4.69. The summed E-state index contributed by atoms with van der Waals surface area (Å²) in [5, 5.41) is 14.1. The summed E-state index contributed by atoms with van der Waals surface area (Å²) < 4.78 is 5.88. The van der Waals surface area contributed by atoms with E-state index in [-0.39, 0.29) is 17.7 Å². The number of fused-ring (bicyclic) bond motifs is 1. The molecule has 1 aliphatic rings. The number of hydrogen-bond donors (Lipinski definition) is 2. The van der Waals surface area contributed by atoms with Crippen LogP contribution in [0.4, 0.5) is 0 Å². The molecule has 5 nitrogen and oxygen atoms in total. The fourth-order valence-corrected chi connectivity index (χ4v) is 3.84. The van der Waals surface area contributed by atoms with Gasteiger partial charge >= 0.3 is 0 Å². The number of likely N-dealkylation sites (tertiary alicyclic amines) is 1. The van der Waals surface area contributed by atoms with Crippen molar-refractivity contribution < 1.29 is 14.3 Å². The standard InChI is InChI=1S/C23H26N2O3/c1-16(22-14-18-7-2-3-10-21(18)28-22)23(27)24-20(15-25-11-4-5-12-25)17-8-6-9-19(26)13-17/h2-3,6-10,13-14,16,20,26H,4-5,11-12,15H2,1H3,(H,24,27). The Balaban J connectivity index is 1.53. The molecule has 2 aromatic carbocycles. The Morgan fingerprint density at radius 2 is 1.93 bits per heavy atom. The Morgan fingerprint density at radius 3 is 2.68 bits per heavy atom. The van der Waals surface area contributed by atoms with Crippen LogP contribution in [0.3, 0.4) is 0 Å². The molecule has 1 saturated heterocycles. The van der Waals surface area contributed by atoms with Crippen LogP contribution in [0.1, 0.15) is 43.0 Å². The number of carbonyl (C=O) groups excluding carboxylic acids is 1. The molecule has 0 spiro atoms. The van der Waals surface area contributed by atoms with Crippen LogP contribution in [0.15, 0.2) is 59.0 Å². The van der Waals surface area contributed by atoms with Crippen molar-refractivity contribution in [1.29, 1.82) is 0 Å². The average molecular weight is 378 g/mol. The van der Waals surface area contributed by atoms with Crippen molar-refractivity contribution >= 4 is 16.9 Å². The normalized spacial score (nSPS) is 16.9. The van der Waals surface area contributed by atoms with Gasteiger partial charge in [-0.2, -0.15) is 0 Å². The van der Waals surface area contributed by atoms with Gasteiger partial charge in [-0.3, -0.25) is 4.79 Å². The van der Waals surface area contributed by atoms with E-state index in [0.29, 0.717) is 5.76 Å². The lowest BCUT2D eigenvalue weighted by Crippen LogP contribution is -2.38. The Bertz CT molecular complexity index is 926. The van der Waals surface area contributed by atoms with Gasteiger partial charge in [0.15, 0.2) is 0 Å². The molecule has 1 fully saturated rings. The maximum absolute atomic E-state index is 13.0. The Morgan fingerprint density at radius 1 is 1.14 bits per heavy atom. The molecule has 5 heteroatoms. The third kappa shape index (κ3) is 4.04. The molecule has 2 N–H and O–H groups in total. The number of amides is 1.